The molecule has 1 aromatic carbocycles. The van der Waals surface area contributed by atoms with Crippen molar-refractivity contribution in [3.05, 3.63) is 33.8 Å². The number of piperidine rings is 1. The summed E-state index contributed by atoms with van der Waals surface area (Å²) in [4.78, 5) is 5.29. The summed E-state index contributed by atoms with van der Waals surface area (Å²) in [5.74, 6) is 0. The van der Waals surface area contributed by atoms with E-state index in [2.05, 4.69) is 50.9 Å². The van der Waals surface area contributed by atoms with Crippen LogP contribution in [0.1, 0.15) is 36.4 Å². The van der Waals surface area contributed by atoms with Crippen molar-refractivity contribution in [3.63, 3.8) is 0 Å². The van der Waals surface area contributed by atoms with Crippen LogP contribution in [0.25, 0.3) is 0 Å². The van der Waals surface area contributed by atoms with Gasteiger partial charge in [0.15, 0.2) is 0 Å². The van der Waals surface area contributed by atoms with Crippen LogP contribution in [-0.4, -0.2) is 48.6 Å². The number of aryl methyl sites for hydroxylation is 1. The zero-order chi connectivity index (χ0) is 14.8. The van der Waals surface area contributed by atoms with Crippen molar-refractivity contribution in [2.24, 2.45) is 5.73 Å². The van der Waals surface area contributed by atoms with E-state index in [1.165, 1.54) is 54.5 Å². The fraction of sp³-hybridized carbons (Fsp3) is 0.647. The molecule has 0 radical (unpaired) electrons. The number of nitrogens with two attached hydrogens (primary N) is 1. The standard InChI is InChI=1S/C17H26BrN3/c1-13-10-14(5-6-16(13)18)17(11-19)21-9-8-20-7-3-2-4-15(20)12-21/h5-6,10,15,17H,2-4,7-9,11-12,19H2,1H3. The van der Waals surface area contributed by atoms with E-state index in [1.807, 2.05) is 0 Å². The second-order valence-electron chi connectivity index (χ2n) is 6.44. The van der Waals surface area contributed by atoms with Gasteiger partial charge in [0.25, 0.3) is 0 Å². The lowest BCUT2D eigenvalue weighted by atomic mass is 9.96. The summed E-state index contributed by atoms with van der Waals surface area (Å²) in [6.45, 7) is 7.68. The van der Waals surface area contributed by atoms with Gasteiger partial charge in [-0.25, -0.2) is 0 Å². The van der Waals surface area contributed by atoms with Crippen LogP contribution >= 0.6 is 15.9 Å². The van der Waals surface area contributed by atoms with Crippen LogP contribution in [-0.2, 0) is 0 Å². The number of piperazine rings is 1. The van der Waals surface area contributed by atoms with Crippen molar-refractivity contribution in [2.45, 2.75) is 38.3 Å². The van der Waals surface area contributed by atoms with Gasteiger partial charge in [-0.15, -0.1) is 0 Å². The summed E-state index contributed by atoms with van der Waals surface area (Å²) in [5.41, 5.74) is 8.78. The van der Waals surface area contributed by atoms with Crippen molar-refractivity contribution >= 4 is 15.9 Å². The number of rotatable bonds is 3. The zero-order valence-electron chi connectivity index (χ0n) is 12.9. The molecule has 2 heterocycles. The van der Waals surface area contributed by atoms with Gasteiger partial charge in [-0.1, -0.05) is 34.5 Å². The third-order valence-corrected chi connectivity index (χ3v) is 5.99. The Morgan fingerprint density at radius 1 is 1.29 bits per heavy atom. The van der Waals surface area contributed by atoms with Gasteiger partial charge in [-0.05, 0) is 43.5 Å². The van der Waals surface area contributed by atoms with Crippen molar-refractivity contribution in [1.29, 1.82) is 0 Å². The van der Waals surface area contributed by atoms with E-state index >= 15 is 0 Å². The maximum Gasteiger partial charge on any atom is 0.0471 e. The molecule has 0 spiro atoms. The van der Waals surface area contributed by atoms with Crippen LogP contribution < -0.4 is 5.73 Å². The number of hydrogen-bond donors (Lipinski definition) is 1. The number of fused-ring (bicyclic) bond motifs is 1. The van der Waals surface area contributed by atoms with Gasteiger partial charge >= 0.3 is 0 Å². The minimum Gasteiger partial charge on any atom is -0.329 e. The van der Waals surface area contributed by atoms with Crippen LogP contribution in [0.5, 0.6) is 0 Å². The summed E-state index contributed by atoms with van der Waals surface area (Å²) in [6.07, 6.45) is 4.12. The smallest absolute Gasteiger partial charge is 0.0471 e. The SMILES string of the molecule is Cc1cc(C(CN)N2CCN3CCCCC3C2)ccc1Br. The lowest BCUT2D eigenvalue weighted by Gasteiger charge is -2.46. The fourth-order valence-corrected chi connectivity index (χ4v) is 4.08. The molecule has 0 amide bonds. The predicted octanol–water partition coefficient (Wildman–Crippen LogP) is 2.93. The number of hydrogen-bond acceptors (Lipinski definition) is 3. The van der Waals surface area contributed by atoms with E-state index in [0.717, 1.165) is 12.6 Å². The Hall–Kier alpha value is -0.420. The second kappa shape index (κ2) is 6.78. The summed E-state index contributed by atoms with van der Waals surface area (Å²) in [7, 11) is 0. The summed E-state index contributed by atoms with van der Waals surface area (Å²) < 4.78 is 1.18. The molecule has 4 heteroatoms. The fourth-order valence-electron chi connectivity index (χ4n) is 3.83. The monoisotopic (exact) mass is 351 g/mol. The van der Waals surface area contributed by atoms with Crippen molar-refractivity contribution in [1.82, 2.24) is 9.80 Å². The Labute approximate surface area is 136 Å². The molecule has 21 heavy (non-hydrogen) atoms. The molecule has 0 saturated carbocycles. The molecule has 2 aliphatic heterocycles. The molecule has 0 bridgehead atoms. The Morgan fingerprint density at radius 2 is 2.14 bits per heavy atom. The van der Waals surface area contributed by atoms with Crippen LogP contribution in [0, 0.1) is 6.92 Å². The van der Waals surface area contributed by atoms with Crippen LogP contribution in [0.15, 0.2) is 22.7 Å². The van der Waals surface area contributed by atoms with Gasteiger partial charge in [-0.3, -0.25) is 9.80 Å². The Morgan fingerprint density at radius 3 is 2.90 bits per heavy atom. The average molecular weight is 352 g/mol. The number of halogens is 1. The first-order chi connectivity index (χ1) is 10.2. The molecular formula is C17H26BrN3. The van der Waals surface area contributed by atoms with Gasteiger partial charge in [0, 0.05) is 42.7 Å². The van der Waals surface area contributed by atoms with E-state index in [-0.39, 0.29) is 0 Å². The van der Waals surface area contributed by atoms with E-state index in [9.17, 15) is 0 Å². The third-order valence-electron chi connectivity index (χ3n) is 5.10. The summed E-state index contributed by atoms with van der Waals surface area (Å²) in [6, 6.07) is 7.78. The molecule has 2 unspecified atom stereocenters. The van der Waals surface area contributed by atoms with Crippen LogP contribution in [0.2, 0.25) is 0 Å². The molecule has 2 saturated heterocycles. The minimum absolute atomic E-state index is 0.362. The lowest BCUT2D eigenvalue weighted by molar-refractivity contribution is 0.0286. The van der Waals surface area contributed by atoms with Gasteiger partial charge < -0.3 is 5.73 Å². The van der Waals surface area contributed by atoms with Crippen molar-refractivity contribution < 1.29 is 0 Å². The average Bonchev–Trinajstić information content (AvgIpc) is 2.51. The summed E-state index contributed by atoms with van der Waals surface area (Å²) in [5, 5.41) is 0. The molecule has 3 nitrogen and oxygen atoms in total. The largest absolute Gasteiger partial charge is 0.329 e. The first-order valence-corrected chi connectivity index (χ1v) is 8.92. The van der Waals surface area contributed by atoms with Crippen LogP contribution in [0.4, 0.5) is 0 Å². The third kappa shape index (κ3) is 3.34. The van der Waals surface area contributed by atoms with Gasteiger partial charge in [0.2, 0.25) is 0 Å². The Balaban J connectivity index is 1.75. The molecule has 2 aliphatic rings. The van der Waals surface area contributed by atoms with Crippen molar-refractivity contribution in [3.8, 4) is 0 Å². The molecule has 1 aromatic rings. The highest BCUT2D eigenvalue weighted by Gasteiger charge is 2.32. The van der Waals surface area contributed by atoms with E-state index in [0.29, 0.717) is 12.6 Å². The zero-order valence-corrected chi connectivity index (χ0v) is 14.5. The Bertz CT molecular complexity index is 491. The highest BCUT2D eigenvalue weighted by Crippen LogP contribution is 2.29. The molecule has 2 fully saturated rings. The Kier molecular flexibility index (Phi) is 4.99. The topological polar surface area (TPSA) is 32.5 Å². The molecule has 3 rings (SSSR count). The first-order valence-electron chi connectivity index (χ1n) is 8.13. The first kappa shape index (κ1) is 15.5. The predicted molar refractivity (Wildman–Crippen MR) is 91.5 cm³/mol. The van der Waals surface area contributed by atoms with Crippen molar-refractivity contribution in [2.75, 3.05) is 32.7 Å². The molecule has 0 aromatic heterocycles. The molecule has 2 atom stereocenters. The molecule has 116 valence electrons. The van der Waals surface area contributed by atoms with E-state index in [1.54, 1.807) is 0 Å². The van der Waals surface area contributed by atoms with E-state index < -0.39 is 0 Å². The molecule has 2 N–H and O–H groups in total. The number of nitrogens with zero attached hydrogens (tertiary/aromatic N) is 2. The molecular weight excluding hydrogens is 326 g/mol. The van der Waals surface area contributed by atoms with Crippen LogP contribution in [0.3, 0.4) is 0 Å². The second-order valence-corrected chi connectivity index (χ2v) is 7.29. The highest BCUT2D eigenvalue weighted by molar-refractivity contribution is 9.10. The van der Waals surface area contributed by atoms with Gasteiger partial charge in [0.1, 0.15) is 0 Å². The molecule has 0 aliphatic carbocycles. The summed E-state index contributed by atoms with van der Waals surface area (Å²) >= 11 is 3.59. The maximum absolute atomic E-state index is 6.12. The lowest BCUT2D eigenvalue weighted by Crippen LogP contribution is -2.56. The highest BCUT2D eigenvalue weighted by atomic mass is 79.9. The maximum atomic E-state index is 6.12. The van der Waals surface area contributed by atoms with Gasteiger partial charge in [0.05, 0.1) is 0 Å². The van der Waals surface area contributed by atoms with Gasteiger partial charge in [-0.2, -0.15) is 0 Å². The minimum atomic E-state index is 0.362. The normalized spacial score (nSPS) is 25.6. The quantitative estimate of drug-likeness (QED) is 0.908. The number of benzene rings is 1. The van der Waals surface area contributed by atoms with E-state index in [4.69, 9.17) is 5.73 Å².